The van der Waals surface area contributed by atoms with Crippen molar-refractivity contribution in [2.75, 3.05) is 18.4 Å². The Labute approximate surface area is 153 Å². The Morgan fingerprint density at radius 2 is 1.81 bits per heavy atom. The molecule has 134 valence electrons. The van der Waals surface area contributed by atoms with E-state index in [1.54, 1.807) is 4.68 Å². The van der Waals surface area contributed by atoms with Gasteiger partial charge in [-0.1, -0.05) is 60.1 Å². The van der Waals surface area contributed by atoms with E-state index in [0.29, 0.717) is 17.9 Å². The van der Waals surface area contributed by atoms with Crippen LogP contribution >= 0.6 is 0 Å². The molecule has 0 aliphatic carbocycles. The molecule has 6 nitrogen and oxygen atoms in total. The van der Waals surface area contributed by atoms with Gasteiger partial charge in [0.15, 0.2) is 0 Å². The fraction of sp³-hybridized carbons (Fsp3) is 0.350. The summed E-state index contributed by atoms with van der Waals surface area (Å²) in [5.74, 6) is 1.23. The Morgan fingerprint density at radius 3 is 2.58 bits per heavy atom. The molecule has 2 atom stereocenters. The van der Waals surface area contributed by atoms with Crippen LogP contribution in [0.1, 0.15) is 18.1 Å². The normalized spacial score (nSPS) is 20.4. The lowest BCUT2D eigenvalue weighted by Gasteiger charge is -2.17. The Morgan fingerprint density at radius 1 is 1.04 bits per heavy atom. The van der Waals surface area contributed by atoms with E-state index in [-0.39, 0.29) is 0 Å². The number of tetrazole rings is 1. The molecule has 4 rings (SSSR count). The van der Waals surface area contributed by atoms with E-state index < -0.39 is 0 Å². The van der Waals surface area contributed by atoms with Gasteiger partial charge in [-0.25, -0.2) is 0 Å². The molecule has 1 N–H and O–H groups in total. The number of rotatable bonds is 5. The van der Waals surface area contributed by atoms with Gasteiger partial charge in [0, 0.05) is 25.7 Å². The highest BCUT2D eigenvalue weighted by molar-refractivity contribution is 5.40. The van der Waals surface area contributed by atoms with Gasteiger partial charge in [-0.15, -0.1) is 0 Å². The number of hydrogen-bond acceptors (Lipinski definition) is 5. The van der Waals surface area contributed by atoms with Crippen molar-refractivity contribution >= 4 is 5.95 Å². The summed E-state index contributed by atoms with van der Waals surface area (Å²) in [6, 6.07) is 19.2. The molecule has 0 spiro atoms. The van der Waals surface area contributed by atoms with Crippen molar-refractivity contribution in [3.05, 3.63) is 65.7 Å². The molecular formula is C20H24N6. The molecule has 6 heteroatoms. The predicted molar refractivity (Wildman–Crippen MR) is 102 cm³/mol. The van der Waals surface area contributed by atoms with E-state index in [1.165, 1.54) is 11.1 Å². The molecule has 1 fully saturated rings. The molecular weight excluding hydrogens is 324 g/mol. The molecule has 0 bridgehead atoms. The third-order valence-electron chi connectivity index (χ3n) is 5.00. The summed E-state index contributed by atoms with van der Waals surface area (Å²) < 4.78 is 1.77. The quantitative estimate of drug-likeness (QED) is 0.768. The van der Waals surface area contributed by atoms with Crippen molar-refractivity contribution in [3.63, 3.8) is 0 Å². The van der Waals surface area contributed by atoms with Gasteiger partial charge in [-0.3, -0.25) is 4.90 Å². The first-order chi connectivity index (χ1) is 12.7. The average Bonchev–Trinajstić information content (AvgIpc) is 3.24. The van der Waals surface area contributed by atoms with Gasteiger partial charge in [0.05, 0.1) is 5.69 Å². The zero-order chi connectivity index (χ0) is 17.9. The van der Waals surface area contributed by atoms with E-state index in [4.69, 9.17) is 0 Å². The topological polar surface area (TPSA) is 58.9 Å². The number of aromatic nitrogens is 4. The van der Waals surface area contributed by atoms with Crippen LogP contribution in [-0.4, -0.2) is 44.2 Å². The molecule has 2 aromatic carbocycles. The lowest BCUT2D eigenvalue weighted by atomic mass is 10.1. The second kappa shape index (κ2) is 7.25. The van der Waals surface area contributed by atoms with E-state index in [0.717, 1.165) is 25.3 Å². The maximum absolute atomic E-state index is 4.19. The molecule has 0 saturated carbocycles. The van der Waals surface area contributed by atoms with Crippen LogP contribution in [0.5, 0.6) is 0 Å². The zero-order valence-electron chi connectivity index (χ0n) is 15.2. The fourth-order valence-corrected chi connectivity index (χ4v) is 3.53. The lowest BCUT2D eigenvalue weighted by Crippen LogP contribution is -2.29. The summed E-state index contributed by atoms with van der Waals surface area (Å²) in [5.41, 5.74) is 3.54. The van der Waals surface area contributed by atoms with Gasteiger partial charge in [0.1, 0.15) is 0 Å². The van der Waals surface area contributed by atoms with Crippen molar-refractivity contribution in [2.45, 2.75) is 26.4 Å². The molecule has 1 aromatic heterocycles. The number of nitrogens with one attached hydrogen (secondary N) is 1. The number of benzene rings is 2. The molecule has 1 aliphatic rings. The summed E-state index contributed by atoms with van der Waals surface area (Å²) in [6.07, 6.45) is 0. The van der Waals surface area contributed by atoms with Crippen molar-refractivity contribution < 1.29 is 0 Å². The van der Waals surface area contributed by atoms with Gasteiger partial charge < -0.3 is 5.32 Å². The molecule has 3 aromatic rings. The first-order valence-corrected chi connectivity index (χ1v) is 9.07. The minimum atomic E-state index is 0.328. The van der Waals surface area contributed by atoms with Crippen LogP contribution in [0.15, 0.2) is 54.6 Å². The molecule has 1 saturated heterocycles. The number of anilines is 1. The highest BCUT2D eigenvalue weighted by atomic mass is 15.6. The van der Waals surface area contributed by atoms with E-state index in [1.807, 2.05) is 12.1 Å². The van der Waals surface area contributed by atoms with Crippen LogP contribution in [0, 0.1) is 12.8 Å². The maximum Gasteiger partial charge on any atom is 0.248 e. The van der Waals surface area contributed by atoms with E-state index in [9.17, 15) is 0 Å². The Balaban J connectivity index is 1.45. The van der Waals surface area contributed by atoms with E-state index >= 15 is 0 Å². The Kier molecular flexibility index (Phi) is 4.67. The standard InChI is InChI=1S/C20H24N6/c1-15-8-10-18(11-9-15)26-20(22-23-24-26)21-19-14-25(12-16(19)2)13-17-6-4-3-5-7-17/h3-11,16,19H,12-14H2,1-2H3,(H,21,22,24). The molecule has 1 aliphatic heterocycles. The lowest BCUT2D eigenvalue weighted by molar-refractivity contribution is 0.319. The molecule has 0 radical (unpaired) electrons. The van der Waals surface area contributed by atoms with E-state index in [2.05, 4.69) is 82.1 Å². The van der Waals surface area contributed by atoms with Crippen LogP contribution in [0.25, 0.3) is 5.69 Å². The van der Waals surface area contributed by atoms with Crippen LogP contribution in [-0.2, 0) is 6.54 Å². The minimum absolute atomic E-state index is 0.328. The maximum atomic E-state index is 4.19. The third-order valence-corrected chi connectivity index (χ3v) is 5.00. The molecule has 2 unspecified atom stereocenters. The fourth-order valence-electron chi connectivity index (χ4n) is 3.53. The first kappa shape index (κ1) is 16.7. The Bertz CT molecular complexity index is 842. The summed E-state index contributed by atoms with van der Waals surface area (Å²) in [4.78, 5) is 2.48. The van der Waals surface area contributed by atoms with Crippen LogP contribution in [0.4, 0.5) is 5.95 Å². The zero-order valence-corrected chi connectivity index (χ0v) is 15.2. The second-order valence-corrected chi connectivity index (χ2v) is 7.16. The van der Waals surface area contributed by atoms with Crippen molar-refractivity contribution in [2.24, 2.45) is 5.92 Å². The number of aryl methyl sites for hydroxylation is 1. The first-order valence-electron chi connectivity index (χ1n) is 9.07. The second-order valence-electron chi connectivity index (χ2n) is 7.16. The van der Waals surface area contributed by atoms with Gasteiger partial charge in [0.25, 0.3) is 0 Å². The van der Waals surface area contributed by atoms with Crippen molar-refractivity contribution in [1.29, 1.82) is 0 Å². The van der Waals surface area contributed by atoms with Crippen LogP contribution in [0.2, 0.25) is 0 Å². The average molecular weight is 348 g/mol. The number of hydrogen-bond donors (Lipinski definition) is 1. The van der Waals surface area contributed by atoms with Crippen LogP contribution in [0.3, 0.4) is 0 Å². The highest BCUT2D eigenvalue weighted by Crippen LogP contribution is 2.22. The number of likely N-dealkylation sites (tertiary alicyclic amines) is 1. The van der Waals surface area contributed by atoms with Gasteiger partial charge >= 0.3 is 0 Å². The highest BCUT2D eigenvalue weighted by Gasteiger charge is 2.30. The summed E-state index contributed by atoms with van der Waals surface area (Å²) >= 11 is 0. The summed E-state index contributed by atoms with van der Waals surface area (Å²) in [6.45, 7) is 7.38. The van der Waals surface area contributed by atoms with Crippen LogP contribution < -0.4 is 5.32 Å². The van der Waals surface area contributed by atoms with Gasteiger partial charge in [0.2, 0.25) is 5.95 Å². The number of nitrogens with zero attached hydrogens (tertiary/aromatic N) is 5. The largest absolute Gasteiger partial charge is 0.348 e. The van der Waals surface area contributed by atoms with Gasteiger partial charge in [-0.05, 0) is 41.0 Å². The summed E-state index contributed by atoms with van der Waals surface area (Å²) in [7, 11) is 0. The minimum Gasteiger partial charge on any atom is -0.348 e. The summed E-state index contributed by atoms with van der Waals surface area (Å²) in [5, 5.41) is 15.8. The van der Waals surface area contributed by atoms with Crippen molar-refractivity contribution in [1.82, 2.24) is 25.1 Å². The third kappa shape index (κ3) is 3.60. The smallest absolute Gasteiger partial charge is 0.248 e. The van der Waals surface area contributed by atoms with Gasteiger partial charge in [-0.2, -0.15) is 4.68 Å². The predicted octanol–water partition coefficient (Wildman–Crippen LogP) is 2.90. The van der Waals surface area contributed by atoms with Crippen molar-refractivity contribution in [3.8, 4) is 5.69 Å². The SMILES string of the molecule is Cc1ccc(-n2nnnc2NC2CN(Cc3ccccc3)CC2C)cc1. The molecule has 0 amide bonds. The Hall–Kier alpha value is -2.73. The molecule has 26 heavy (non-hydrogen) atoms. The monoisotopic (exact) mass is 348 g/mol. The molecule has 2 heterocycles.